The molecule has 6 heteroatoms. The van der Waals surface area contributed by atoms with Crippen molar-refractivity contribution in [1.29, 1.82) is 0 Å². The Hall–Kier alpha value is -2.83. The lowest BCUT2D eigenvalue weighted by Gasteiger charge is -2.40. The highest BCUT2D eigenvalue weighted by Crippen LogP contribution is 2.35. The smallest absolute Gasteiger partial charge is 0.173 e. The van der Waals surface area contributed by atoms with Crippen LogP contribution in [0.15, 0.2) is 66.7 Å². The predicted octanol–water partition coefficient (Wildman–Crippen LogP) is 5.26. The van der Waals surface area contributed by atoms with E-state index >= 15 is 0 Å². The Bertz CT molecular complexity index is 1070. The van der Waals surface area contributed by atoms with E-state index < -0.39 is 0 Å². The highest BCUT2D eigenvalue weighted by molar-refractivity contribution is 5.48. The number of tetrazole rings is 1. The van der Waals surface area contributed by atoms with Crippen LogP contribution in [-0.4, -0.2) is 62.7 Å². The lowest BCUT2D eigenvalue weighted by atomic mass is 9.81. The van der Waals surface area contributed by atoms with Gasteiger partial charge in [-0.15, -0.1) is 5.10 Å². The van der Waals surface area contributed by atoms with Crippen molar-refractivity contribution in [2.24, 2.45) is 5.41 Å². The first-order valence-electron chi connectivity index (χ1n) is 12.7. The second-order valence-electron chi connectivity index (χ2n) is 11.5. The van der Waals surface area contributed by atoms with Gasteiger partial charge in [0, 0.05) is 32.7 Å². The van der Waals surface area contributed by atoms with E-state index in [0.29, 0.717) is 0 Å². The maximum Gasteiger partial charge on any atom is 0.173 e. The minimum atomic E-state index is -0.186. The van der Waals surface area contributed by atoms with E-state index in [1.54, 1.807) is 0 Å². The van der Waals surface area contributed by atoms with Crippen molar-refractivity contribution in [3.63, 3.8) is 0 Å². The van der Waals surface area contributed by atoms with Crippen LogP contribution in [0.4, 0.5) is 0 Å². The topological polar surface area (TPSA) is 50.1 Å². The van der Waals surface area contributed by atoms with Gasteiger partial charge in [0.05, 0.1) is 11.6 Å². The molecular weight excluding hydrogens is 432 g/mol. The Morgan fingerprint density at radius 3 is 2.11 bits per heavy atom. The normalized spacial score (nSPS) is 17.2. The third-order valence-corrected chi connectivity index (χ3v) is 6.64. The lowest BCUT2D eigenvalue weighted by Crippen LogP contribution is -2.48. The standard InChI is InChI=1S/C29H40N6/c1-28(2,3)23-29(4,5)35-27(30-31-32-35)26(25-16-10-7-11-17-25)34-21-19-33(20-22-34)18-12-15-24-13-8-6-9-14-24/h6-17,26H,18-23H2,1-5H3/b15-12+/t26-/m0/s1. The maximum atomic E-state index is 4.60. The minimum absolute atomic E-state index is 0.0347. The molecule has 1 aromatic heterocycles. The summed E-state index contributed by atoms with van der Waals surface area (Å²) < 4.78 is 2.07. The molecule has 0 aliphatic carbocycles. The third kappa shape index (κ3) is 6.65. The molecule has 1 aliphatic heterocycles. The SMILES string of the molecule is CC(C)(C)CC(C)(C)n1nnnc1[C@H](c1ccccc1)N1CCN(C/C=C/c2ccccc2)CC1. The van der Waals surface area contributed by atoms with Gasteiger partial charge in [0.2, 0.25) is 0 Å². The molecule has 0 N–H and O–H groups in total. The molecular formula is C29H40N6. The molecule has 1 fully saturated rings. The molecule has 0 bridgehead atoms. The van der Waals surface area contributed by atoms with Crippen LogP contribution in [0, 0.1) is 5.41 Å². The van der Waals surface area contributed by atoms with Crippen LogP contribution < -0.4 is 0 Å². The van der Waals surface area contributed by atoms with Gasteiger partial charge < -0.3 is 0 Å². The van der Waals surface area contributed by atoms with Gasteiger partial charge in [0.1, 0.15) is 0 Å². The van der Waals surface area contributed by atoms with Gasteiger partial charge in [-0.25, -0.2) is 4.68 Å². The zero-order valence-corrected chi connectivity index (χ0v) is 21.9. The van der Waals surface area contributed by atoms with Gasteiger partial charge in [-0.2, -0.15) is 0 Å². The number of hydrogen-bond acceptors (Lipinski definition) is 5. The fourth-order valence-corrected chi connectivity index (χ4v) is 5.43. The third-order valence-electron chi connectivity index (χ3n) is 6.64. The fraction of sp³-hybridized carbons (Fsp3) is 0.483. The number of hydrogen-bond donors (Lipinski definition) is 0. The maximum absolute atomic E-state index is 4.60. The summed E-state index contributed by atoms with van der Waals surface area (Å²) in [6, 6.07) is 21.2. The summed E-state index contributed by atoms with van der Waals surface area (Å²) in [6.45, 7) is 16.3. The Morgan fingerprint density at radius 1 is 0.857 bits per heavy atom. The molecule has 1 atom stereocenters. The molecule has 1 saturated heterocycles. The summed E-state index contributed by atoms with van der Waals surface area (Å²) in [4.78, 5) is 5.06. The van der Waals surface area contributed by atoms with E-state index in [2.05, 4.69) is 137 Å². The molecule has 2 heterocycles. The molecule has 3 aromatic rings. The van der Waals surface area contributed by atoms with Gasteiger partial charge in [-0.1, -0.05) is 93.6 Å². The quantitative estimate of drug-likeness (QED) is 0.447. The zero-order valence-electron chi connectivity index (χ0n) is 21.9. The highest BCUT2D eigenvalue weighted by atomic mass is 15.6. The molecule has 0 spiro atoms. The summed E-state index contributed by atoms with van der Waals surface area (Å²) >= 11 is 0. The number of piperazine rings is 1. The van der Waals surface area contributed by atoms with Gasteiger partial charge in [0.25, 0.3) is 0 Å². The van der Waals surface area contributed by atoms with Crippen molar-refractivity contribution in [2.75, 3.05) is 32.7 Å². The van der Waals surface area contributed by atoms with Crippen LogP contribution in [0.3, 0.4) is 0 Å². The Balaban J connectivity index is 1.51. The summed E-state index contributed by atoms with van der Waals surface area (Å²) in [7, 11) is 0. The predicted molar refractivity (Wildman–Crippen MR) is 143 cm³/mol. The molecule has 6 nitrogen and oxygen atoms in total. The average molecular weight is 473 g/mol. The Labute approximate surface area is 210 Å². The highest BCUT2D eigenvalue weighted by Gasteiger charge is 2.36. The van der Waals surface area contributed by atoms with E-state index in [4.69, 9.17) is 0 Å². The van der Waals surface area contributed by atoms with Crippen LogP contribution in [0.1, 0.15) is 64.0 Å². The molecule has 0 radical (unpaired) electrons. The van der Waals surface area contributed by atoms with Crippen LogP contribution >= 0.6 is 0 Å². The first-order valence-corrected chi connectivity index (χ1v) is 12.7. The second kappa shape index (κ2) is 10.8. The number of aromatic nitrogens is 4. The summed E-state index contributed by atoms with van der Waals surface area (Å²) in [5.74, 6) is 0.933. The summed E-state index contributed by atoms with van der Waals surface area (Å²) in [5, 5.41) is 13.3. The second-order valence-corrected chi connectivity index (χ2v) is 11.5. The molecule has 0 amide bonds. The first kappa shape index (κ1) is 25.3. The monoisotopic (exact) mass is 472 g/mol. The van der Waals surface area contributed by atoms with E-state index in [-0.39, 0.29) is 17.0 Å². The van der Waals surface area contributed by atoms with Crippen molar-refractivity contribution < 1.29 is 0 Å². The van der Waals surface area contributed by atoms with Gasteiger partial charge >= 0.3 is 0 Å². The minimum Gasteiger partial charge on any atom is -0.297 e. The van der Waals surface area contributed by atoms with Crippen molar-refractivity contribution >= 4 is 6.08 Å². The first-order chi connectivity index (χ1) is 16.7. The molecule has 0 unspecified atom stereocenters. The number of rotatable bonds is 8. The molecule has 2 aromatic carbocycles. The Morgan fingerprint density at radius 2 is 1.49 bits per heavy atom. The Kier molecular flexibility index (Phi) is 7.82. The largest absolute Gasteiger partial charge is 0.297 e. The number of nitrogens with zero attached hydrogens (tertiary/aromatic N) is 6. The summed E-state index contributed by atoms with van der Waals surface area (Å²) in [5.41, 5.74) is 2.48. The van der Waals surface area contributed by atoms with E-state index in [1.807, 2.05) is 0 Å². The van der Waals surface area contributed by atoms with Crippen molar-refractivity contribution in [3.8, 4) is 0 Å². The van der Waals surface area contributed by atoms with Crippen molar-refractivity contribution in [1.82, 2.24) is 30.0 Å². The van der Waals surface area contributed by atoms with E-state index in [1.165, 1.54) is 11.1 Å². The number of benzene rings is 2. The van der Waals surface area contributed by atoms with E-state index in [0.717, 1.165) is 45.0 Å². The van der Waals surface area contributed by atoms with Gasteiger partial charge in [-0.3, -0.25) is 9.80 Å². The fourth-order valence-electron chi connectivity index (χ4n) is 5.43. The van der Waals surface area contributed by atoms with Crippen molar-refractivity contribution in [3.05, 3.63) is 83.7 Å². The summed E-state index contributed by atoms with van der Waals surface area (Å²) in [6.07, 6.45) is 5.47. The van der Waals surface area contributed by atoms with Gasteiger partial charge in [0.15, 0.2) is 5.82 Å². The van der Waals surface area contributed by atoms with E-state index in [9.17, 15) is 0 Å². The molecule has 0 saturated carbocycles. The molecule has 186 valence electrons. The van der Waals surface area contributed by atoms with Gasteiger partial charge in [-0.05, 0) is 47.2 Å². The van der Waals surface area contributed by atoms with Crippen LogP contribution in [-0.2, 0) is 5.54 Å². The van der Waals surface area contributed by atoms with Crippen LogP contribution in [0.25, 0.3) is 6.08 Å². The zero-order chi connectivity index (χ0) is 24.9. The average Bonchev–Trinajstić information content (AvgIpc) is 3.31. The molecule has 35 heavy (non-hydrogen) atoms. The van der Waals surface area contributed by atoms with Crippen LogP contribution in [0.5, 0.6) is 0 Å². The lowest BCUT2D eigenvalue weighted by molar-refractivity contribution is 0.106. The van der Waals surface area contributed by atoms with Crippen molar-refractivity contribution in [2.45, 2.75) is 52.6 Å². The molecule has 4 rings (SSSR count). The van der Waals surface area contributed by atoms with Crippen LogP contribution in [0.2, 0.25) is 0 Å². The molecule has 1 aliphatic rings.